The van der Waals surface area contributed by atoms with E-state index in [1.165, 1.54) is 22.6 Å². The van der Waals surface area contributed by atoms with Crippen LogP contribution in [0.3, 0.4) is 0 Å². The van der Waals surface area contributed by atoms with Gasteiger partial charge in [0.25, 0.3) is 0 Å². The summed E-state index contributed by atoms with van der Waals surface area (Å²) in [4.78, 5) is 1.35. The standard InChI is InChI=1S/C15H24ClNS/c1-5-12(4)10-18-15-7-6-14(16)8-13(15)9-17-11(2)3/h6-8,11-12,17H,5,9-10H2,1-4H3. The molecule has 0 bridgehead atoms. The molecular formula is C15H24ClNS. The monoisotopic (exact) mass is 285 g/mol. The second-order valence-electron chi connectivity index (χ2n) is 5.11. The zero-order valence-corrected chi connectivity index (χ0v) is 13.4. The molecule has 1 rings (SSSR count). The second-order valence-corrected chi connectivity index (χ2v) is 6.61. The molecule has 1 N–H and O–H groups in total. The molecule has 0 fully saturated rings. The minimum absolute atomic E-state index is 0.497. The molecule has 18 heavy (non-hydrogen) atoms. The molecule has 0 aliphatic rings. The fraction of sp³-hybridized carbons (Fsp3) is 0.600. The SMILES string of the molecule is CCC(C)CSc1ccc(Cl)cc1CNC(C)C. The Kier molecular flexibility index (Phi) is 7.13. The highest BCUT2D eigenvalue weighted by molar-refractivity contribution is 7.99. The van der Waals surface area contributed by atoms with Crippen LogP contribution < -0.4 is 5.32 Å². The molecule has 0 aromatic heterocycles. The summed E-state index contributed by atoms with van der Waals surface area (Å²) in [5.41, 5.74) is 1.31. The van der Waals surface area contributed by atoms with Crippen LogP contribution in [-0.2, 0) is 6.54 Å². The highest BCUT2D eigenvalue weighted by Gasteiger charge is 2.07. The average molecular weight is 286 g/mol. The Morgan fingerprint density at radius 1 is 1.28 bits per heavy atom. The molecule has 1 nitrogen and oxygen atoms in total. The van der Waals surface area contributed by atoms with Crippen molar-refractivity contribution in [3.8, 4) is 0 Å². The lowest BCUT2D eigenvalue weighted by Crippen LogP contribution is -2.22. The van der Waals surface area contributed by atoms with E-state index in [1.807, 2.05) is 17.8 Å². The Labute approximate surface area is 121 Å². The maximum absolute atomic E-state index is 6.09. The molecule has 1 atom stereocenters. The van der Waals surface area contributed by atoms with Crippen LogP contribution in [0.25, 0.3) is 0 Å². The molecule has 0 amide bonds. The van der Waals surface area contributed by atoms with E-state index in [0.29, 0.717) is 6.04 Å². The normalized spacial score (nSPS) is 13.0. The van der Waals surface area contributed by atoms with Crippen molar-refractivity contribution in [2.24, 2.45) is 5.92 Å². The Hall–Kier alpha value is -0.180. The quantitative estimate of drug-likeness (QED) is 0.710. The smallest absolute Gasteiger partial charge is 0.0410 e. The summed E-state index contributed by atoms with van der Waals surface area (Å²) < 4.78 is 0. The van der Waals surface area contributed by atoms with Gasteiger partial charge in [0, 0.05) is 28.3 Å². The van der Waals surface area contributed by atoms with Gasteiger partial charge < -0.3 is 5.32 Å². The Morgan fingerprint density at radius 2 is 2.00 bits per heavy atom. The Balaban J connectivity index is 2.69. The van der Waals surface area contributed by atoms with Gasteiger partial charge in [-0.2, -0.15) is 0 Å². The van der Waals surface area contributed by atoms with Crippen molar-refractivity contribution >= 4 is 23.4 Å². The first-order valence-corrected chi connectivity index (χ1v) is 8.03. The van der Waals surface area contributed by atoms with Crippen LogP contribution in [0.4, 0.5) is 0 Å². The van der Waals surface area contributed by atoms with Gasteiger partial charge in [0.1, 0.15) is 0 Å². The average Bonchev–Trinajstić information content (AvgIpc) is 2.34. The zero-order chi connectivity index (χ0) is 13.5. The molecule has 0 saturated heterocycles. The highest BCUT2D eigenvalue weighted by Crippen LogP contribution is 2.28. The molecule has 0 spiro atoms. The summed E-state index contributed by atoms with van der Waals surface area (Å²) in [6, 6.07) is 6.71. The van der Waals surface area contributed by atoms with Gasteiger partial charge in [0.05, 0.1) is 0 Å². The number of hydrogen-bond acceptors (Lipinski definition) is 2. The van der Waals surface area contributed by atoms with E-state index < -0.39 is 0 Å². The first-order chi connectivity index (χ1) is 8.52. The van der Waals surface area contributed by atoms with E-state index in [0.717, 1.165) is 17.5 Å². The molecule has 0 saturated carbocycles. The third kappa shape index (κ3) is 5.64. The van der Waals surface area contributed by atoms with E-state index in [9.17, 15) is 0 Å². The van der Waals surface area contributed by atoms with Crippen LogP contribution in [0.2, 0.25) is 5.02 Å². The number of benzene rings is 1. The van der Waals surface area contributed by atoms with Gasteiger partial charge in [-0.05, 0) is 29.7 Å². The summed E-state index contributed by atoms with van der Waals surface area (Å²) in [7, 11) is 0. The van der Waals surface area contributed by atoms with Crippen LogP contribution in [0.1, 0.15) is 39.7 Å². The molecule has 0 aliphatic heterocycles. The van der Waals surface area contributed by atoms with E-state index in [2.05, 4.69) is 45.1 Å². The fourth-order valence-electron chi connectivity index (χ4n) is 1.49. The van der Waals surface area contributed by atoms with Gasteiger partial charge in [-0.1, -0.05) is 45.7 Å². The van der Waals surface area contributed by atoms with Crippen molar-refractivity contribution in [3.63, 3.8) is 0 Å². The number of thioether (sulfide) groups is 1. The van der Waals surface area contributed by atoms with Gasteiger partial charge in [0.2, 0.25) is 0 Å². The van der Waals surface area contributed by atoms with Crippen LogP contribution >= 0.6 is 23.4 Å². The lowest BCUT2D eigenvalue weighted by atomic mass is 10.2. The largest absolute Gasteiger partial charge is 0.310 e. The van der Waals surface area contributed by atoms with Crippen molar-refractivity contribution < 1.29 is 0 Å². The van der Waals surface area contributed by atoms with E-state index in [1.54, 1.807) is 0 Å². The van der Waals surface area contributed by atoms with Gasteiger partial charge >= 0.3 is 0 Å². The molecule has 1 aromatic rings. The Morgan fingerprint density at radius 3 is 2.61 bits per heavy atom. The van der Waals surface area contributed by atoms with Crippen LogP contribution in [0.5, 0.6) is 0 Å². The summed E-state index contributed by atoms with van der Waals surface area (Å²) in [6.07, 6.45) is 1.24. The van der Waals surface area contributed by atoms with E-state index in [-0.39, 0.29) is 0 Å². The van der Waals surface area contributed by atoms with Crippen LogP contribution in [-0.4, -0.2) is 11.8 Å². The molecule has 0 aliphatic carbocycles. The highest BCUT2D eigenvalue weighted by atomic mass is 35.5. The van der Waals surface area contributed by atoms with Crippen molar-refractivity contribution in [2.45, 2.75) is 51.6 Å². The van der Waals surface area contributed by atoms with Crippen molar-refractivity contribution in [2.75, 3.05) is 5.75 Å². The first kappa shape index (κ1) is 15.9. The third-order valence-electron chi connectivity index (χ3n) is 2.94. The molecule has 1 unspecified atom stereocenters. The predicted octanol–water partition coefficient (Wildman–Crippen LogP) is 4.98. The van der Waals surface area contributed by atoms with Crippen LogP contribution in [0.15, 0.2) is 23.1 Å². The van der Waals surface area contributed by atoms with E-state index >= 15 is 0 Å². The zero-order valence-electron chi connectivity index (χ0n) is 11.8. The summed E-state index contributed by atoms with van der Waals surface area (Å²) in [6.45, 7) is 9.76. The van der Waals surface area contributed by atoms with Gasteiger partial charge in [-0.3, -0.25) is 0 Å². The maximum Gasteiger partial charge on any atom is 0.0410 e. The van der Waals surface area contributed by atoms with Crippen molar-refractivity contribution in [3.05, 3.63) is 28.8 Å². The topological polar surface area (TPSA) is 12.0 Å². The molecule has 102 valence electrons. The maximum atomic E-state index is 6.09. The molecule has 0 radical (unpaired) electrons. The Bertz CT molecular complexity index is 366. The number of rotatable bonds is 7. The van der Waals surface area contributed by atoms with Gasteiger partial charge in [-0.25, -0.2) is 0 Å². The molecule has 0 heterocycles. The fourth-order valence-corrected chi connectivity index (χ4v) is 2.87. The number of nitrogens with one attached hydrogen (secondary N) is 1. The van der Waals surface area contributed by atoms with Crippen molar-refractivity contribution in [1.29, 1.82) is 0 Å². The molecule has 3 heteroatoms. The van der Waals surface area contributed by atoms with Crippen molar-refractivity contribution in [1.82, 2.24) is 5.32 Å². The van der Waals surface area contributed by atoms with Crippen LogP contribution in [0, 0.1) is 5.92 Å². The number of halogens is 1. The lowest BCUT2D eigenvalue weighted by molar-refractivity contribution is 0.584. The summed E-state index contributed by atoms with van der Waals surface area (Å²) >= 11 is 8.03. The summed E-state index contributed by atoms with van der Waals surface area (Å²) in [5.74, 6) is 1.93. The predicted molar refractivity (Wildman–Crippen MR) is 83.6 cm³/mol. The van der Waals surface area contributed by atoms with Gasteiger partial charge in [0.15, 0.2) is 0 Å². The third-order valence-corrected chi connectivity index (χ3v) is 4.62. The second kappa shape index (κ2) is 8.08. The van der Waals surface area contributed by atoms with E-state index in [4.69, 9.17) is 11.6 Å². The lowest BCUT2D eigenvalue weighted by Gasteiger charge is -2.14. The van der Waals surface area contributed by atoms with Gasteiger partial charge in [-0.15, -0.1) is 11.8 Å². The summed E-state index contributed by atoms with van der Waals surface area (Å²) in [5, 5.41) is 4.28. The first-order valence-electron chi connectivity index (χ1n) is 6.67. The minimum atomic E-state index is 0.497. The minimum Gasteiger partial charge on any atom is -0.310 e. The number of hydrogen-bond donors (Lipinski definition) is 1. The molecule has 1 aromatic carbocycles. The molecular weight excluding hydrogens is 262 g/mol.